The first-order valence-corrected chi connectivity index (χ1v) is 14.9. The van der Waals surface area contributed by atoms with Crippen molar-refractivity contribution in [2.75, 3.05) is 23.7 Å². The van der Waals surface area contributed by atoms with Gasteiger partial charge < -0.3 is 10.6 Å². The van der Waals surface area contributed by atoms with Gasteiger partial charge in [0.1, 0.15) is 0 Å². The Bertz CT molecular complexity index is 1830. The molecule has 0 heterocycles. The van der Waals surface area contributed by atoms with Crippen molar-refractivity contribution in [3.63, 3.8) is 0 Å². The van der Waals surface area contributed by atoms with E-state index in [1.54, 1.807) is 24.3 Å². The molecule has 2 N–H and O–H groups in total. The molecule has 0 saturated heterocycles. The van der Waals surface area contributed by atoms with Crippen molar-refractivity contribution in [1.82, 2.24) is 0 Å². The summed E-state index contributed by atoms with van der Waals surface area (Å²) in [6.45, 7) is 5.95. The number of azo groups is 2. The summed E-state index contributed by atoms with van der Waals surface area (Å²) in [6.07, 6.45) is 3.21. The Morgan fingerprint density at radius 2 is 0.816 bits per heavy atom. The lowest BCUT2D eigenvalue weighted by Gasteiger charge is -2.04. The molecule has 49 heavy (non-hydrogen) atoms. The van der Waals surface area contributed by atoms with Crippen molar-refractivity contribution in [3.05, 3.63) is 125 Å². The van der Waals surface area contributed by atoms with E-state index in [9.17, 15) is 40.5 Å². The lowest BCUT2D eigenvalue weighted by Crippen LogP contribution is -1.99. The first-order chi connectivity index (χ1) is 23.5. The Hall–Kier alpha value is -6.72. The zero-order valence-corrected chi connectivity index (χ0v) is 26.5. The molecule has 18 nitrogen and oxygen atoms in total. The van der Waals surface area contributed by atoms with Crippen LogP contribution in [0.25, 0.3) is 0 Å². The van der Waals surface area contributed by atoms with E-state index < -0.39 is 42.4 Å². The molecule has 0 aliphatic carbocycles. The van der Waals surface area contributed by atoms with E-state index in [0.29, 0.717) is 11.4 Å². The Morgan fingerprint density at radius 3 is 1.16 bits per heavy atom. The van der Waals surface area contributed by atoms with Gasteiger partial charge >= 0.3 is 22.7 Å². The molecule has 0 saturated carbocycles. The summed E-state index contributed by atoms with van der Waals surface area (Å²) in [5, 5.41) is 65.6. The quantitative estimate of drug-likeness (QED) is 0.0523. The molecule has 0 aliphatic rings. The Morgan fingerprint density at radius 1 is 0.469 bits per heavy atom. The first-order valence-electron chi connectivity index (χ1n) is 14.9. The second kappa shape index (κ2) is 18.4. The number of nitro benzene ring substituents is 4. The van der Waals surface area contributed by atoms with Crippen LogP contribution in [0, 0.1) is 40.5 Å². The average Bonchev–Trinajstić information content (AvgIpc) is 3.10. The predicted octanol–water partition coefficient (Wildman–Crippen LogP) is 9.87. The van der Waals surface area contributed by atoms with Crippen molar-refractivity contribution in [2.45, 2.75) is 33.1 Å². The van der Waals surface area contributed by atoms with E-state index in [-0.39, 0.29) is 11.4 Å². The Labute approximate surface area is 279 Å². The van der Waals surface area contributed by atoms with Gasteiger partial charge in [0.25, 0.3) is 0 Å². The number of rotatable bonds is 15. The van der Waals surface area contributed by atoms with Gasteiger partial charge in [0, 0.05) is 36.6 Å². The smallest absolute Gasteiger partial charge is 0.348 e. The minimum Gasteiger partial charge on any atom is -0.385 e. The fourth-order valence-electron chi connectivity index (χ4n) is 3.95. The molecule has 0 atom stereocenters. The number of hydrogen-bond acceptors (Lipinski definition) is 14. The lowest BCUT2D eigenvalue weighted by atomic mass is 10.2. The number of hydrogen-bond donors (Lipinski definition) is 2. The van der Waals surface area contributed by atoms with Crippen molar-refractivity contribution < 1.29 is 19.7 Å². The van der Waals surface area contributed by atoms with Crippen LogP contribution in [-0.2, 0) is 0 Å². The Kier molecular flexibility index (Phi) is 13.8. The third-order valence-electron chi connectivity index (χ3n) is 6.44. The van der Waals surface area contributed by atoms with Crippen LogP contribution in [0.1, 0.15) is 33.1 Å². The normalized spacial score (nSPS) is 10.7. The molecule has 0 radical (unpaired) electrons. The highest BCUT2D eigenvalue weighted by Gasteiger charge is 2.25. The summed E-state index contributed by atoms with van der Waals surface area (Å²) in [7, 11) is 0. The summed E-state index contributed by atoms with van der Waals surface area (Å²) < 4.78 is 0. The van der Waals surface area contributed by atoms with E-state index in [4.69, 9.17) is 0 Å². The third kappa shape index (κ3) is 11.5. The van der Waals surface area contributed by atoms with Crippen LogP contribution in [0.2, 0.25) is 0 Å². The van der Waals surface area contributed by atoms with E-state index in [1.165, 1.54) is 12.1 Å². The molecule has 0 amide bonds. The molecule has 0 aliphatic heterocycles. The molecule has 18 heteroatoms. The number of nitro groups is 4. The highest BCUT2D eigenvalue weighted by atomic mass is 16.6. The maximum atomic E-state index is 10.9. The highest BCUT2D eigenvalue weighted by molar-refractivity contribution is 5.61. The standard InChI is InChI=1S/C16H17N5O4.C15H15N5O4/c1-2-3-10-17-12-4-6-13(7-5-12)18-19-14-8-9-15(20(22)23)16(11-14)21(24)25;1-2-9-16-11-3-5-12(6-4-11)17-18-13-7-8-14(19(21)22)15(10-13)20(23)24/h4-9,11,17H,2-3,10H2,1H3;3-8,10,16H,2,9H2,1H3/b19-18+;18-17+. The second-order valence-electron chi connectivity index (χ2n) is 10.1. The molecule has 0 bridgehead atoms. The van der Waals surface area contributed by atoms with Gasteiger partial charge in [-0.15, -0.1) is 0 Å². The highest BCUT2D eigenvalue weighted by Crippen LogP contribution is 2.33. The van der Waals surface area contributed by atoms with Crippen molar-refractivity contribution >= 4 is 56.9 Å². The zero-order chi connectivity index (χ0) is 35.8. The van der Waals surface area contributed by atoms with Gasteiger partial charge in [-0.1, -0.05) is 20.3 Å². The number of nitrogens with one attached hydrogen (secondary N) is 2. The Balaban J connectivity index is 0.000000266. The van der Waals surface area contributed by atoms with Crippen LogP contribution in [0.5, 0.6) is 0 Å². The fourth-order valence-corrected chi connectivity index (χ4v) is 3.95. The molecule has 4 rings (SSSR count). The van der Waals surface area contributed by atoms with Gasteiger partial charge in [0.15, 0.2) is 0 Å². The molecule has 0 aromatic heterocycles. The number of anilines is 2. The molecule has 4 aromatic rings. The van der Waals surface area contributed by atoms with Gasteiger partial charge in [-0.25, -0.2) is 0 Å². The second-order valence-corrected chi connectivity index (χ2v) is 10.1. The molecular weight excluding hydrogens is 640 g/mol. The topological polar surface area (TPSA) is 246 Å². The van der Waals surface area contributed by atoms with Crippen LogP contribution in [0.4, 0.5) is 56.9 Å². The number of unbranched alkanes of at least 4 members (excludes halogenated alkanes) is 1. The SMILES string of the molecule is CCCCNc1ccc(/N=N/c2ccc([N+](=O)[O-])c([N+](=O)[O-])c2)cc1.CCCNc1ccc(/N=N/c2ccc([N+](=O)[O-])c([N+](=O)[O-])c2)cc1. The minimum atomic E-state index is -0.814. The van der Waals surface area contributed by atoms with Crippen LogP contribution >= 0.6 is 0 Å². The van der Waals surface area contributed by atoms with Gasteiger partial charge in [0.2, 0.25) is 0 Å². The molecular formula is C31H32N10O8. The summed E-state index contributed by atoms with van der Waals surface area (Å²) in [4.78, 5) is 40.1. The number of nitrogens with zero attached hydrogens (tertiary/aromatic N) is 8. The van der Waals surface area contributed by atoms with E-state index in [2.05, 4.69) is 44.9 Å². The maximum absolute atomic E-state index is 10.9. The van der Waals surface area contributed by atoms with Gasteiger partial charge in [-0.05, 0) is 73.5 Å². The summed E-state index contributed by atoms with van der Waals surface area (Å²) >= 11 is 0. The fraction of sp³-hybridized carbons (Fsp3) is 0.226. The molecule has 0 spiro atoms. The van der Waals surface area contributed by atoms with Gasteiger partial charge in [-0.2, -0.15) is 20.5 Å². The summed E-state index contributed by atoms with van der Waals surface area (Å²) in [5.41, 5.74) is 1.02. The largest absolute Gasteiger partial charge is 0.385 e. The van der Waals surface area contributed by atoms with E-state index in [0.717, 1.165) is 68.0 Å². The molecule has 4 aromatic carbocycles. The molecule has 254 valence electrons. The van der Waals surface area contributed by atoms with Crippen molar-refractivity contribution in [2.24, 2.45) is 20.5 Å². The van der Waals surface area contributed by atoms with Crippen LogP contribution < -0.4 is 10.6 Å². The van der Waals surface area contributed by atoms with E-state index in [1.807, 2.05) is 24.3 Å². The minimum absolute atomic E-state index is 0.167. The zero-order valence-electron chi connectivity index (χ0n) is 26.5. The molecule has 0 unspecified atom stereocenters. The lowest BCUT2D eigenvalue weighted by molar-refractivity contribution is -0.422. The first kappa shape index (κ1) is 36.7. The van der Waals surface area contributed by atoms with Gasteiger partial charge in [0.05, 0.1) is 54.6 Å². The number of benzene rings is 4. The third-order valence-corrected chi connectivity index (χ3v) is 6.44. The van der Waals surface area contributed by atoms with Gasteiger partial charge in [-0.3, -0.25) is 40.5 Å². The summed E-state index contributed by atoms with van der Waals surface area (Å²) in [5.74, 6) is 0. The molecule has 0 fully saturated rings. The monoisotopic (exact) mass is 672 g/mol. The van der Waals surface area contributed by atoms with Crippen LogP contribution in [-0.4, -0.2) is 32.8 Å². The predicted molar refractivity (Wildman–Crippen MR) is 183 cm³/mol. The van der Waals surface area contributed by atoms with E-state index >= 15 is 0 Å². The average molecular weight is 673 g/mol. The maximum Gasteiger partial charge on any atom is 0.348 e. The van der Waals surface area contributed by atoms with Crippen molar-refractivity contribution in [3.8, 4) is 0 Å². The van der Waals surface area contributed by atoms with Crippen molar-refractivity contribution in [1.29, 1.82) is 0 Å². The van der Waals surface area contributed by atoms with Crippen LogP contribution in [0.3, 0.4) is 0 Å². The van der Waals surface area contributed by atoms with Crippen LogP contribution in [0.15, 0.2) is 105 Å². The summed E-state index contributed by atoms with van der Waals surface area (Å²) in [6, 6.07) is 21.2.